The molecule has 0 aromatic rings. The zero-order valence-electron chi connectivity index (χ0n) is 5.01. The SMILES string of the molecule is N#CC1=C(O)C(O)=NS1(=O)=O.[NaH].[NaH]. The Morgan fingerprint density at radius 2 is 1.77 bits per heavy atom. The van der Waals surface area contributed by atoms with Gasteiger partial charge in [-0.2, -0.15) is 13.7 Å². The van der Waals surface area contributed by atoms with Crippen LogP contribution in [0.5, 0.6) is 0 Å². The Hall–Kier alpha value is 0.450. The van der Waals surface area contributed by atoms with Crippen molar-refractivity contribution >= 4 is 75.0 Å². The molecule has 0 amide bonds. The van der Waals surface area contributed by atoms with Gasteiger partial charge in [-0.15, -0.1) is 4.40 Å². The van der Waals surface area contributed by atoms with Crippen molar-refractivity contribution in [2.45, 2.75) is 0 Å². The molecule has 0 fully saturated rings. The van der Waals surface area contributed by atoms with Gasteiger partial charge >= 0.3 is 59.1 Å². The quantitative estimate of drug-likeness (QED) is 0.474. The van der Waals surface area contributed by atoms with E-state index in [-0.39, 0.29) is 59.1 Å². The minimum absolute atomic E-state index is 0. The molecule has 2 N–H and O–H groups in total. The molecule has 1 heterocycles. The van der Waals surface area contributed by atoms with Gasteiger partial charge in [0.05, 0.1) is 0 Å². The molecular formula is C4H4N2Na2O4S. The first kappa shape index (κ1) is 15.9. The van der Waals surface area contributed by atoms with Gasteiger partial charge in [0.15, 0.2) is 0 Å². The van der Waals surface area contributed by atoms with Gasteiger partial charge in [-0.3, -0.25) is 0 Å². The Morgan fingerprint density at radius 1 is 1.31 bits per heavy atom. The van der Waals surface area contributed by atoms with Gasteiger partial charge in [-0.05, 0) is 0 Å². The zero-order chi connectivity index (χ0) is 8.65. The van der Waals surface area contributed by atoms with Crippen molar-refractivity contribution in [3.8, 4) is 6.07 Å². The molecule has 1 rings (SSSR count). The molecule has 9 heteroatoms. The van der Waals surface area contributed by atoms with E-state index in [1.807, 2.05) is 0 Å². The van der Waals surface area contributed by atoms with Gasteiger partial charge in [-0.1, -0.05) is 0 Å². The molecular weight excluding hydrogens is 218 g/mol. The molecule has 0 atom stereocenters. The third-order valence-electron chi connectivity index (χ3n) is 0.993. The molecule has 0 aliphatic carbocycles. The minimum atomic E-state index is -4.13. The fraction of sp³-hybridized carbons (Fsp3) is 0. The van der Waals surface area contributed by atoms with E-state index in [0.717, 1.165) is 0 Å². The van der Waals surface area contributed by atoms with Crippen molar-refractivity contribution in [2.24, 2.45) is 4.40 Å². The van der Waals surface area contributed by atoms with Crippen LogP contribution in [0, 0.1) is 11.3 Å². The van der Waals surface area contributed by atoms with Crippen LogP contribution in [0.15, 0.2) is 15.1 Å². The van der Waals surface area contributed by atoms with E-state index in [1.165, 1.54) is 6.07 Å². The molecule has 0 spiro atoms. The van der Waals surface area contributed by atoms with E-state index in [1.54, 1.807) is 0 Å². The average molecular weight is 222 g/mol. The second-order valence-electron chi connectivity index (χ2n) is 1.68. The third kappa shape index (κ3) is 2.95. The Labute approximate surface area is 119 Å². The monoisotopic (exact) mass is 222 g/mol. The summed E-state index contributed by atoms with van der Waals surface area (Å²) in [4.78, 5) is -0.921. The molecule has 0 aromatic heterocycles. The number of aliphatic hydroxyl groups is 2. The topological polar surface area (TPSA) is 111 Å². The van der Waals surface area contributed by atoms with Gasteiger partial charge in [0.2, 0.25) is 10.7 Å². The van der Waals surface area contributed by atoms with E-state index >= 15 is 0 Å². The number of hydrogen-bond acceptors (Lipinski definition) is 4. The van der Waals surface area contributed by atoms with E-state index in [2.05, 4.69) is 4.40 Å². The van der Waals surface area contributed by atoms with Gasteiger partial charge in [0.1, 0.15) is 6.07 Å². The molecule has 0 aromatic carbocycles. The van der Waals surface area contributed by atoms with Crippen LogP contribution in [0.25, 0.3) is 0 Å². The maximum absolute atomic E-state index is 10.6. The van der Waals surface area contributed by atoms with Crippen LogP contribution in [-0.4, -0.2) is 83.6 Å². The number of aliphatic hydroxyl groups excluding tert-OH is 2. The number of sulfonamides is 1. The molecule has 1 aliphatic rings. The van der Waals surface area contributed by atoms with Crippen LogP contribution in [0.4, 0.5) is 0 Å². The van der Waals surface area contributed by atoms with Crippen LogP contribution in [-0.2, 0) is 10.0 Å². The fourth-order valence-electron chi connectivity index (χ4n) is 0.537. The van der Waals surface area contributed by atoms with Crippen molar-refractivity contribution in [3.63, 3.8) is 0 Å². The van der Waals surface area contributed by atoms with Crippen molar-refractivity contribution in [2.75, 3.05) is 0 Å². The van der Waals surface area contributed by atoms with Crippen molar-refractivity contribution < 1.29 is 18.6 Å². The van der Waals surface area contributed by atoms with E-state index in [9.17, 15) is 8.42 Å². The Balaban J connectivity index is 0. The first-order valence-corrected chi connectivity index (χ1v) is 3.80. The summed E-state index contributed by atoms with van der Waals surface area (Å²) in [5.74, 6) is -2.03. The second-order valence-corrected chi connectivity index (χ2v) is 3.22. The first-order chi connectivity index (χ1) is 4.99. The summed E-state index contributed by atoms with van der Waals surface area (Å²) in [6.07, 6.45) is 0. The Kier molecular flexibility index (Phi) is 6.56. The molecule has 0 radical (unpaired) electrons. The third-order valence-corrected chi connectivity index (χ3v) is 2.21. The second kappa shape index (κ2) is 5.36. The number of nitrogens with zero attached hydrogens (tertiary/aromatic N) is 2. The van der Waals surface area contributed by atoms with Gasteiger partial charge in [0.25, 0.3) is 15.9 Å². The number of hydrogen-bond donors (Lipinski definition) is 2. The molecule has 13 heavy (non-hydrogen) atoms. The van der Waals surface area contributed by atoms with E-state index in [4.69, 9.17) is 15.5 Å². The Bertz CT molecular complexity index is 404. The summed E-state index contributed by atoms with van der Waals surface area (Å²) in [6, 6.07) is 1.20. The van der Waals surface area contributed by atoms with E-state index in [0.29, 0.717) is 0 Å². The summed E-state index contributed by atoms with van der Waals surface area (Å²) in [7, 11) is -4.13. The van der Waals surface area contributed by atoms with Gasteiger partial charge in [0, 0.05) is 0 Å². The normalized spacial score (nSPS) is 17.9. The summed E-state index contributed by atoms with van der Waals surface area (Å²) in [5, 5.41) is 25.4. The number of allylic oxidation sites excluding steroid dienone is 1. The van der Waals surface area contributed by atoms with Crippen LogP contribution in [0.2, 0.25) is 0 Å². The van der Waals surface area contributed by atoms with Crippen LogP contribution in [0.1, 0.15) is 0 Å². The number of nitriles is 1. The van der Waals surface area contributed by atoms with Gasteiger partial charge in [-0.25, -0.2) is 0 Å². The van der Waals surface area contributed by atoms with Crippen LogP contribution < -0.4 is 0 Å². The predicted octanol–water partition coefficient (Wildman–Crippen LogP) is -1.72. The van der Waals surface area contributed by atoms with Crippen LogP contribution in [0.3, 0.4) is 0 Å². The van der Waals surface area contributed by atoms with E-state index < -0.39 is 26.6 Å². The molecule has 0 unspecified atom stereocenters. The van der Waals surface area contributed by atoms with Crippen LogP contribution >= 0.6 is 0 Å². The van der Waals surface area contributed by atoms with Crippen molar-refractivity contribution in [3.05, 3.63) is 10.7 Å². The first-order valence-electron chi connectivity index (χ1n) is 2.36. The molecule has 62 valence electrons. The average Bonchev–Trinajstić information content (AvgIpc) is 2.03. The summed E-state index contributed by atoms with van der Waals surface area (Å²) < 4.78 is 23.9. The number of rotatable bonds is 0. The maximum atomic E-state index is 10.6. The molecule has 0 saturated carbocycles. The Morgan fingerprint density at radius 3 is 1.92 bits per heavy atom. The molecule has 0 bridgehead atoms. The van der Waals surface area contributed by atoms with Crippen molar-refractivity contribution in [1.29, 1.82) is 5.26 Å². The zero-order valence-corrected chi connectivity index (χ0v) is 5.83. The molecule has 6 nitrogen and oxygen atoms in total. The standard InChI is InChI=1S/C4H2N2O4S.2Na.2H/c5-1-2-3(7)4(8)6-11(2,9)10;;;;/h7H,(H,6,8);;;;. The predicted molar refractivity (Wildman–Crippen MR) is 48.5 cm³/mol. The fourth-order valence-corrected chi connectivity index (χ4v) is 1.39. The summed E-state index contributed by atoms with van der Waals surface area (Å²) in [6.45, 7) is 0. The van der Waals surface area contributed by atoms with Crippen molar-refractivity contribution in [1.82, 2.24) is 0 Å². The van der Waals surface area contributed by atoms with Gasteiger partial charge < -0.3 is 10.2 Å². The molecule has 0 saturated heterocycles. The molecule has 1 aliphatic heterocycles. The summed E-state index contributed by atoms with van der Waals surface area (Å²) >= 11 is 0. The summed E-state index contributed by atoms with van der Waals surface area (Å²) in [5.41, 5.74) is 0.